The molecule has 0 radical (unpaired) electrons. The Hall–Kier alpha value is -2.09. The standard InChI is InChI=1S/C15H14F3N3O2/c16-15(17,18)14-19-9-5-2-1-4-8(9)13(23)21(14)20-10-6-3-7-11(22)12(10)20/h1-2,4-5,10-12,22H,3,6-7H2/t10-,11-,12-,20?/m0/s1. The van der Waals surface area contributed by atoms with Crippen molar-refractivity contribution in [3.63, 3.8) is 0 Å². The number of benzene rings is 1. The van der Waals surface area contributed by atoms with Gasteiger partial charge in [-0.15, -0.1) is 0 Å². The van der Waals surface area contributed by atoms with Gasteiger partial charge in [-0.2, -0.15) is 17.8 Å². The molecule has 2 fully saturated rings. The molecule has 3 atom stereocenters. The van der Waals surface area contributed by atoms with E-state index in [4.69, 9.17) is 0 Å². The molecule has 2 aliphatic rings. The number of fused-ring (bicyclic) bond motifs is 2. The van der Waals surface area contributed by atoms with Gasteiger partial charge in [0, 0.05) is 0 Å². The topological polar surface area (TPSA) is 58.1 Å². The Labute approximate surface area is 128 Å². The Balaban J connectivity index is 1.95. The van der Waals surface area contributed by atoms with E-state index in [1.54, 1.807) is 12.1 Å². The molecule has 1 aromatic heterocycles. The summed E-state index contributed by atoms with van der Waals surface area (Å²) in [6, 6.07) is 5.31. The van der Waals surface area contributed by atoms with Crippen LogP contribution in [-0.2, 0) is 6.18 Å². The van der Waals surface area contributed by atoms with E-state index < -0.39 is 29.7 Å². The van der Waals surface area contributed by atoms with E-state index in [-0.39, 0.29) is 16.9 Å². The van der Waals surface area contributed by atoms with Crippen LogP contribution in [0.2, 0.25) is 0 Å². The third-order valence-electron chi connectivity index (χ3n) is 4.58. The van der Waals surface area contributed by atoms with E-state index in [1.807, 2.05) is 0 Å². The second kappa shape index (κ2) is 4.70. The molecular formula is C15H14F3N3O2. The zero-order chi connectivity index (χ0) is 16.4. The van der Waals surface area contributed by atoms with Crippen LogP contribution in [0.3, 0.4) is 0 Å². The largest absolute Gasteiger partial charge is 0.451 e. The highest BCUT2D eigenvalue weighted by atomic mass is 19.4. The molecule has 122 valence electrons. The van der Waals surface area contributed by atoms with Gasteiger partial charge in [0.15, 0.2) is 0 Å². The summed E-state index contributed by atoms with van der Waals surface area (Å²) in [7, 11) is 0. The predicted octanol–water partition coefficient (Wildman–Crippen LogP) is 1.65. The summed E-state index contributed by atoms with van der Waals surface area (Å²) in [6.07, 6.45) is -3.53. The van der Waals surface area contributed by atoms with Gasteiger partial charge in [-0.25, -0.2) is 4.98 Å². The predicted molar refractivity (Wildman–Crippen MR) is 76.7 cm³/mol. The minimum Gasteiger partial charge on any atom is -0.391 e. The highest BCUT2D eigenvalue weighted by molar-refractivity contribution is 5.77. The molecule has 2 aromatic rings. The number of aromatic nitrogens is 2. The van der Waals surface area contributed by atoms with Gasteiger partial charge >= 0.3 is 6.18 Å². The van der Waals surface area contributed by atoms with Gasteiger partial charge < -0.3 is 5.11 Å². The number of para-hydroxylation sites is 1. The molecule has 1 saturated carbocycles. The Bertz CT molecular complexity index is 833. The Morgan fingerprint density at radius 2 is 1.96 bits per heavy atom. The normalized spacial score (nSPS) is 27.1. The second-order valence-electron chi connectivity index (χ2n) is 6.00. The van der Waals surface area contributed by atoms with Crippen LogP contribution in [0.25, 0.3) is 10.9 Å². The van der Waals surface area contributed by atoms with Crippen LogP contribution in [0.1, 0.15) is 25.1 Å². The first-order valence-electron chi connectivity index (χ1n) is 7.45. The van der Waals surface area contributed by atoms with Gasteiger partial charge in [-0.05, 0) is 31.4 Å². The van der Waals surface area contributed by atoms with Crippen molar-refractivity contribution in [2.45, 2.75) is 43.6 Å². The molecule has 1 N–H and O–H groups in total. The van der Waals surface area contributed by atoms with E-state index in [0.717, 1.165) is 6.42 Å². The molecule has 1 aliphatic carbocycles. The Morgan fingerprint density at radius 1 is 1.22 bits per heavy atom. The van der Waals surface area contributed by atoms with Crippen molar-refractivity contribution in [1.29, 1.82) is 0 Å². The molecule has 0 unspecified atom stereocenters. The monoisotopic (exact) mass is 325 g/mol. The fourth-order valence-electron chi connectivity index (χ4n) is 3.53. The van der Waals surface area contributed by atoms with Crippen molar-refractivity contribution >= 4 is 10.9 Å². The summed E-state index contributed by atoms with van der Waals surface area (Å²) in [5.41, 5.74) is -0.726. The maximum Gasteiger partial charge on any atom is 0.451 e. The van der Waals surface area contributed by atoms with Crippen LogP contribution in [0.4, 0.5) is 13.2 Å². The van der Waals surface area contributed by atoms with Crippen molar-refractivity contribution in [2.24, 2.45) is 0 Å². The average molecular weight is 325 g/mol. The highest BCUT2D eigenvalue weighted by Crippen LogP contribution is 2.40. The van der Waals surface area contributed by atoms with Crippen LogP contribution >= 0.6 is 0 Å². The fraction of sp³-hybridized carbons (Fsp3) is 0.467. The Kier molecular flexibility index (Phi) is 2.96. The highest BCUT2D eigenvalue weighted by Gasteiger charge is 2.56. The van der Waals surface area contributed by atoms with Gasteiger partial charge in [0.2, 0.25) is 5.82 Å². The first-order valence-corrected chi connectivity index (χ1v) is 7.45. The van der Waals surface area contributed by atoms with E-state index in [0.29, 0.717) is 17.5 Å². The minimum absolute atomic E-state index is 0.0199. The zero-order valence-electron chi connectivity index (χ0n) is 12.0. The van der Waals surface area contributed by atoms with Crippen molar-refractivity contribution < 1.29 is 18.3 Å². The van der Waals surface area contributed by atoms with E-state index in [9.17, 15) is 23.1 Å². The molecule has 1 saturated heterocycles. The number of hydrogen-bond donors (Lipinski definition) is 1. The first-order chi connectivity index (χ1) is 10.9. The van der Waals surface area contributed by atoms with Crippen molar-refractivity contribution in [1.82, 2.24) is 9.66 Å². The van der Waals surface area contributed by atoms with Gasteiger partial charge in [0.05, 0.1) is 29.1 Å². The molecule has 2 heterocycles. The molecular weight excluding hydrogens is 311 g/mol. The minimum atomic E-state index is -4.75. The molecule has 0 amide bonds. The molecule has 5 nitrogen and oxygen atoms in total. The van der Waals surface area contributed by atoms with Gasteiger partial charge in [-0.1, -0.05) is 12.1 Å². The summed E-state index contributed by atoms with van der Waals surface area (Å²) < 4.78 is 40.8. The van der Waals surface area contributed by atoms with Crippen molar-refractivity contribution in [2.75, 3.05) is 5.01 Å². The summed E-state index contributed by atoms with van der Waals surface area (Å²) in [4.78, 5) is 16.3. The van der Waals surface area contributed by atoms with E-state index >= 15 is 0 Å². The smallest absolute Gasteiger partial charge is 0.391 e. The number of halogens is 3. The molecule has 1 aliphatic heterocycles. The van der Waals surface area contributed by atoms with Crippen LogP contribution in [0.15, 0.2) is 29.1 Å². The number of rotatable bonds is 1. The van der Waals surface area contributed by atoms with Gasteiger partial charge in [0.1, 0.15) is 0 Å². The SMILES string of the molecule is O=c1c2ccccc2nc(C(F)(F)F)n1N1[C@@H]2[C@@H](O)CCC[C@@H]21. The third kappa shape index (κ3) is 2.12. The Morgan fingerprint density at radius 3 is 2.65 bits per heavy atom. The second-order valence-corrected chi connectivity index (χ2v) is 6.00. The molecule has 4 rings (SSSR count). The first kappa shape index (κ1) is 14.5. The lowest BCUT2D eigenvalue weighted by Crippen LogP contribution is -2.38. The molecule has 0 spiro atoms. The molecule has 0 bridgehead atoms. The maximum atomic E-state index is 13.4. The lowest BCUT2D eigenvalue weighted by molar-refractivity contribution is -0.147. The maximum absolute atomic E-state index is 13.4. The van der Waals surface area contributed by atoms with E-state index in [2.05, 4.69) is 4.98 Å². The lowest BCUT2D eigenvalue weighted by Gasteiger charge is -2.18. The number of nitrogens with zero attached hydrogens (tertiary/aromatic N) is 3. The molecule has 1 aromatic carbocycles. The number of aliphatic hydroxyl groups is 1. The summed E-state index contributed by atoms with van der Waals surface area (Å²) >= 11 is 0. The van der Waals surface area contributed by atoms with Crippen LogP contribution in [0, 0.1) is 0 Å². The number of aliphatic hydroxyl groups excluding tert-OH is 1. The number of hydrogen-bond acceptors (Lipinski definition) is 4. The summed E-state index contributed by atoms with van der Waals surface area (Å²) in [6.45, 7) is 0. The van der Waals surface area contributed by atoms with Crippen LogP contribution in [-0.4, -0.2) is 33.0 Å². The fourth-order valence-corrected chi connectivity index (χ4v) is 3.53. The van der Waals surface area contributed by atoms with E-state index in [1.165, 1.54) is 17.1 Å². The van der Waals surface area contributed by atoms with Crippen LogP contribution in [0.5, 0.6) is 0 Å². The summed E-state index contributed by atoms with van der Waals surface area (Å²) in [5, 5.41) is 11.5. The third-order valence-corrected chi connectivity index (χ3v) is 4.58. The van der Waals surface area contributed by atoms with Crippen molar-refractivity contribution in [3.8, 4) is 0 Å². The number of alkyl halides is 3. The van der Waals surface area contributed by atoms with Crippen molar-refractivity contribution in [3.05, 3.63) is 40.4 Å². The summed E-state index contributed by atoms with van der Waals surface area (Å²) in [5.74, 6) is -1.23. The average Bonchev–Trinajstić information content (AvgIpc) is 3.22. The quantitative estimate of drug-likeness (QED) is 0.810. The van der Waals surface area contributed by atoms with Crippen LogP contribution < -0.4 is 10.6 Å². The van der Waals surface area contributed by atoms with Gasteiger partial charge in [-0.3, -0.25) is 9.80 Å². The van der Waals surface area contributed by atoms with Gasteiger partial charge in [0.25, 0.3) is 5.56 Å². The molecule has 8 heteroatoms. The zero-order valence-corrected chi connectivity index (χ0v) is 12.0. The lowest BCUT2D eigenvalue weighted by atomic mass is 9.98. The molecule has 23 heavy (non-hydrogen) atoms.